The Bertz CT molecular complexity index is 2100. The van der Waals surface area contributed by atoms with Crippen molar-refractivity contribution < 1.29 is 55.7 Å². The van der Waals surface area contributed by atoms with Gasteiger partial charge in [-0.25, -0.2) is 19.6 Å². The van der Waals surface area contributed by atoms with Crippen molar-refractivity contribution in [2.75, 3.05) is 5.32 Å². The van der Waals surface area contributed by atoms with E-state index in [1.165, 1.54) is 0 Å². The van der Waals surface area contributed by atoms with Gasteiger partial charge in [-0.15, -0.1) is 0 Å². The molecule has 0 atom stereocenters. The number of nitrogens with one attached hydrogen (secondary N) is 3. The number of aromatic nitrogens is 5. The average Bonchev–Trinajstić information content (AvgIpc) is 3.68. The highest BCUT2D eigenvalue weighted by Gasteiger charge is 2.39. The van der Waals surface area contributed by atoms with Crippen LogP contribution >= 0.6 is 0 Å². The second kappa shape index (κ2) is 15.5. The summed E-state index contributed by atoms with van der Waals surface area (Å²) in [5.74, 6) is -5.42. The number of amides is 2. The molecule has 19 heteroatoms. The Labute approximate surface area is 290 Å². The number of fused-ring (bicyclic) bond motifs is 2. The van der Waals surface area contributed by atoms with E-state index in [9.17, 15) is 35.9 Å². The molecule has 52 heavy (non-hydrogen) atoms. The molecule has 2 aromatic carbocycles. The molecule has 0 aliphatic heterocycles. The van der Waals surface area contributed by atoms with Gasteiger partial charge < -0.3 is 25.8 Å². The van der Waals surface area contributed by atoms with Crippen molar-refractivity contribution in [2.45, 2.75) is 58.6 Å². The van der Waals surface area contributed by atoms with Crippen LogP contribution in [0.25, 0.3) is 33.2 Å². The quantitative estimate of drug-likeness (QED) is 0.119. The number of aryl methyl sites for hydroxylation is 1. The van der Waals surface area contributed by atoms with Gasteiger partial charge in [0, 0.05) is 46.4 Å². The van der Waals surface area contributed by atoms with E-state index in [1.54, 1.807) is 30.6 Å². The SMILES string of the molecule is Cc1c[nH]c2ncnc(-c3ccc4c(C(=O)Nc5cccc(C(=O)NC(C)C)c5)n(CC5CC5)nc4c3)c12.O=C(O)C(F)(F)F.O=C(O)C(F)(F)F. The van der Waals surface area contributed by atoms with Gasteiger partial charge in [0.05, 0.1) is 11.2 Å². The fourth-order valence-corrected chi connectivity index (χ4v) is 4.81. The first kappa shape index (κ1) is 38.8. The summed E-state index contributed by atoms with van der Waals surface area (Å²) in [5, 5.41) is 26.7. The van der Waals surface area contributed by atoms with Crippen LogP contribution in [-0.2, 0) is 16.1 Å². The Balaban J connectivity index is 0.000000367. The van der Waals surface area contributed by atoms with Crippen LogP contribution in [0.1, 0.15) is 53.1 Å². The van der Waals surface area contributed by atoms with Gasteiger partial charge in [0.15, 0.2) is 0 Å². The summed E-state index contributed by atoms with van der Waals surface area (Å²) in [6.07, 6.45) is -4.41. The van der Waals surface area contributed by atoms with E-state index in [0.717, 1.165) is 51.6 Å². The third-order valence-electron chi connectivity index (χ3n) is 7.31. The molecule has 1 aliphatic carbocycles. The van der Waals surface area contributed by atoms with Gasteiger partial charge in [0.1, 0.15) is 17.7 Å². The van der Waals surface area contributed by atoms with Crippen molar-refractivity contribution >= 4 is 51.4 Å². The molecule has 3 heterocycles. The smallest absolute Gasteiger partial charge is 0.475 e. The van der Waals surface area contributed by atoms with Crippen molar-refractivity contribution in [3.05, 3.63) is 71.8 Å². The molecule has 0 unspecified atom stereocenters. The van der Waals surface area contributed by atoms with E-state index >= 15 is 0 Å². The molecule has 0 saturated heterocycles. The number of carbonyl (C=O) groups is 4. The second-order valence-electron chi connectivity index (χ2n) is 11.9. The van der Waals surface area contributed by atoms with E-state index in [-0.39, 0.29) is 17.9 Å². The number of hydrogen-bond donors (Lipinski definition) is 5. The summed E-state index contributed by atoms with van der Waals surface area (Å²) in [7, 11) is 0. The average molecular weight is 736 g/mol. The topological polar surface area (TPSA) is 192 Å². The molecule has 2 amide bonds. The highest BCUT2D eigenvalue weighted by molar-refractivity contribution is 6.12. The number of aromatic amines is 1. The predicted molar refractivity (Wildman–Crippen MR) is 174 cm³/mol. The van der Waals surface area contributed by atoms with Crippen LogP contribution in [-0.4, -0.2) is 77.1 Å². The van der Waals surface area contributed by atoms with E-state index in [2.05, 4.69) is 25.6 Å². The van der Waals surface area contributed by atoms with Crippen molar-refractivity contribution in [3.63, 3.8) is 0 Å². The fourth-order valence-electron chi connectivity index (χ4n) is 4.81. The fraction of sp³-hybridized carbons (Fsp3) is 0.303. The molecule has 1 fully saturated rings. The highest BCUT2D eigenvalue weighted by atomic mass is 19.4. The zero-order valence-corrected chi connectivity index (χ0v) is 27.6. The lowest BCUT2D eigenvalue weighted by Gasteiger charge is -2.11. The highest BCUT2D eigenvalue weighted by Crippen LogP contribution is 2.34. The maximum absolute atomic E-state index is 13.6. The molecule has 1 aliphatic rings. The Morgan fingerprint density at radius 1 is 0.942 bits per heavy atom. The van der Waals surface area contributed by atoms with Gasteiger partial charge >= 0.3 is 24.3 Å². The summed E-state index contributed by atoms with van der Waals surface area (Å²) < 4.78 is 65.3. The van der Waals surface area contributed by atoms with Gasteiger partial charge in [-0.05, 0) is 75.4 Å². The summed E-state index contributed by atoms with van der Waals surface area (Å²) in [5.41, 5.74) is 5.90. The molecule has 276 valence electrons. The minimum atomic E-state index is -5.08. The van der Waals surface area contributed by atoms with Crippen LogP contribution in [0.5, 0.6) is 0 Å². The maximum atomic E-state index is 13.6. The number of benzene rings is 2. The lowest BCUT2D eigenvalue weighted by atomic mass is 10.0. The van der Waals surface area contributed by atoms with Crippen LogP contribution in [0.2, 0.25) is 0 Å². The first-order valence-corrected chi connectivity index (χ1v) is 15.4. The van der Waals surface area contributed by atoms with Crippen molar-refractivity contribution in [1.29, 1.82) is 0 Å². The number of nitrogens with zero attached hydrogens (tertiary/aromatic N) is 4. The van der Waals surface area contributed by atoms with Crippen LogP contribution in [0.15, 0.2) is 55.0 Å². The van der Waals surface area contributed by atoms with Crippen molar-refractivity contribution in [2.24, 2.45) is 5.92 Å². The molecule has 5 aromatic rings. The number of carboxylic acid groups (broad SMARTS) is 2. The van der Waals surface area contributed by atoms with Gasteiger partial charge in [-0.2, -0.15) is 31.4 Å². The number of rotatable bonds is 7. The third kappa shape index (κ3) is 9.82. The first-order valence-electron chi connectivity index (χ1n) is 15.4. The number of carbonyl (C=O) groups excluding carboxylic acids is 2. The molecular weight excluding hydrogens is 704 g/mol. The van der Waals surface area contributed by atoms with E-state index < -0.39 is 24.3 Å². The largest absolute Gasteiger partial charge is 0.490 e. The molecule has 0 radical (unpaired) electrons. The number of carboxylic acids is 2. The normalized spacial score (nSPS) is 12.8. The second-order valence-corrected chi connectivity index (χ2v) is 11.9. The van der Waals surface area contributed by atoms with E-state index in [4.69, 9.17) is 24.9 Å². The van der Waals surface area contributed by atoms with Gasteiger partial charge in [-0.3, -0.25) is 14.3 Å². The van der Waals surface area contributed by atoms with E-state index in [1.807, 2.05) is 49.8 Å². The van der Waals surface area contributed by atoms with Crippen LogP contribution < -0.4 is 10.6 Å². The van der Waals surface area contributed by atoms with Crippen molar-refractivity contribution in [3.8, 4) is 11.3 Å². The standard InChI is InChI=1S/C29H29N7O2.2C2HF3O2/c1-16(2)33-28(37)20-5-4-6-21(11-20)34-29(38)26-22-10-9-19(12-23(22)35-36(26)14-18-7-8-18)25-24-17(3)13-30-27(24)32-15-31-25;2*3-2(4,5)1(6)7/h4-6,9-13,15-16,18H,7-8,14H2,1-3H3,(H,33,37)(H,34,38)(H,30,31,32);2*(H,6,7). The lowest BCUT2D eigenvalue weighted by Crippen LogP contribution is -2.30. The van der Waals surface area contributed by atoms with Crippen molar-refractivity contribution in [1.82, 2.24) is 30.0 Å². The zero-order chi connectivity index (χ0) is 38.5. The maximum Gasteiger partial charge on any atom is 0.490 e. The number of anilines is 1. The molecule has 0 spiro atoms. The monoisotopic (exact) mass is 735 g/mol. The minimum absolute atomic E-state index is 0.0217. The zero-order valence-electron chi connectivity index (χ0n) is 27.6. The summed E-state index contributed by atoms with van der Waals surface area (Å²) in [4.78, 5) is 56.0. The molecule has 1 saturated carbocycles. The number of H-pyrrole nitrogens is 1. The summed E-state index contributed by atoms with van der Waals surface area (Å²) in [6, 6.07) is 12.9. The van der Waals surface area contributed by atoms with Gasteiger partial charge in [-0.1, -0.05) is 12.1 Å². The van der Waals surface area contributed by atoms with E-state index in [0.29, 0.717) is 29.4 Å². The lowest BCUT2D eigenvalue weighted by molar-refractivity contribution is -0.193. The van der Waals surface area contributed by atoms with Crippen LogP contribution in [0, 0.1) is 12.8 Å². The van der Waals surface area contributed by atoms with Gasteiger partial charge in [0.25, 0.3) is 11.8 Å². The predicted octanol–water partition coefficient (Wildman–Crippen LogP) is 6.35. The summed E-state index contributed by atoms with van der Waals surface area (Å²) >= 11 is 0. The van der Waals surface area contributed by atoms with Gasteiger partial charge in [0.2, 0.25) is 0 Å². The third-order valence-corrected chi connectivity index (χ3v) is 7.31. The molecule has 5 N–H and O–H groups in total. The number of aliphatic carboxylic acids is 2. The Morgan fingerprint density at radius 3 is 2.15 bits per heavy atom. The van der Waals surface area contributed by atoms with Crippen LogP contribution in [0.4, 0.5) is 32.0 Å². The summed E-state index contributed by atoms with van der Waals surface area (Å²) in [6.45, 7) is 6.54. The number of hydrogen-bond acceptors (Lipinski definition) is 7. The molecule has 6 rings (SSSR count). The molecular formula is C33H31F6N7O6. The molecule has 13 nitrogen and oxygen atoms in total. The minimum Gasteiger partial charge on any atom is -0.475 e. The molecule has 0 bridgehead atoms. The Morgan fingerprint density at radius 2 is 1.58 bits per heavy atom. The Kier molecular flexibility index (Phi) is 11.5. The molecule has 3 aromatic heterocycles. The van der Waals surface area contributed by atoms with Crippen LogP contribution in [0.3, 0.4) is 0 Å². The first-order chi connectivity index (χ1) is 24.3. The Hall–Kier alpha value is -6.01. The number of alkyl halides is 6. The number of halogens is 6.